The Balaban J connectivity index is 2.00. The van der Waals surface area contributed by atoms with Crippen LogP contribution in [0.5, 0.6) is 0 Å². The van der Waals surface area contributed by atoms with Crippen LogP contribution in [0.25, 0.3) is 0 Å². The topological polar surface area (TPSA) is 93.2 Å². The Morgan fingerprint density at radius 3 is 2.63 bits per heavy atom. The molecule has 6 nitrogen and oxygen atoms in total. The van der Waals surface area contributed by atoms with E-state index >= 15 is 0 Å². The highest BCUT2D eigenvalue weighted by atomic mass is 16.6. The molecule has 0 saturated heterocycles. The van der Waals surface area contributed by atoms with Crippen LogP contribution in [0.15, 0.2) is 18.2 Å². The van der Waals surface area contributed by atoms with Crippen molar-refractivity contribution >= 4 is 17.1 Å². The Morgan fingerprint density at radius 1 is 1.32 bits per heavy atom. The van der Waals surface area contributed by atoms with Crippen molar-refractivity contribution in [2.24, 2.45) is 11.8 Å². The molecular formula is C13H20N4O2. The van der Waals surface area contributed by atoms with Crippen molar-refractivity contribution in [3.63, 3.8) is 0 Å². The molecule has 1 saturated carbocycles. The number of para-hydroxylation sites is 1. The molecule has 19 heavy (non-hydrogen) atoms. The van der Waals surface area contributed by atoms with Crippen LogP contribution < -0.4 is 16.6 Å². The summed E-state index contributed by atoms with van der Waals surface area (Å²) in [6.07, 6.45) is 6.27. The molecule has 0 radical (unpaired) electrons. The van der Waals surface area contributed by atoms with E-state index in [1.54, 1.807) is 18.2 Å². The van der Waals surface area contributed by atoms with Gasteiger partial charge in [0.05, 0.1) is 4.92 Å². The Kier molecular flexibility index (Phi) is 4.57. The van der Waals surface area contributed by atoms with Crippen LogP contribution in [0.2, 0.25) is 0 Å². The molecule has 1 aromatic rings. The van der Waals surface area contributed by atoms with Gasteiger partial charge in [-0.25, -0.2) is 0 Å². The number of nitrogen functional groups attached to an aromatic ring is 1. The average molecular weight is 264 g/mol. The zero-order valence-electron chi connectivity index (χ0n) is 10.9. The van der Waals surface area contributed by atoms with Gasteiger partial charge >= 0.3 is 5.69 Å². The van der Waals surface area contributed by atoms with Crippen LogP contribution in [-0.4, -0.2) is 11.5 Å². The fourth-order valence-corrected chi connectivity index (χ4v) is 2.71. The van der Waals surface area contributed by atoms with Crippen LogP contribution in [-0.2, 0) is 0 Å². The third kappa shape index (κ3) is 3.35. The standard InChI is InChI=1S/C13H20N4O2/c14-16-12-7-3-6-11(13(12)17(18)19)15-9-8-10-4-1-2-5-10/h3,6-7,10,15-16H,1-2,4-5,8-9,14H2. The number of anilines is 2. The summed E-state index contributed by atoms with van der Waals surface area (Å²) in [7, 11) is 0. The van der Waals surface area contributed by atoms with E-state index in [0.29, 0.717) is 11.4 Å². The third-order valence-corrected chi connectivity index (χ3v) is 3.72. The second-order valence-corrected chi connectivity index (χ2v) is 4.97. The predicted molar refractivity (Wildman–Crippen MR) is 76.0 cm³/mol. The van der Waals surface area contributed by atoms with Crippen molar-refractivity contribution in [1.82, 2.24) is 0 Å². The highest BCUT2D eigenvalue weighted by Crippen LogP contribution is 2.33. The maximum Gasteiger partial charge on any atom is 0.316 e. The van der Waals surface area contributed by atoms with E-state index in [9.17, 15) is 10.1 Å². The van der Waals surface area contributed by atoms with Crippen molar-refractivity contribution in [2.75, 3.05) is 17.3 Å². The molecule has 0 aliphatic heterocycles. The van der Waals surface area contributed by atoms with Crippen molar-refractivity contribution in [3.05, 3.63) is 28.3 Å². The molecule has 1 aliphatic carbocycles. The highest BCUT2D eigenvalue weighted by Gasteiger charge is 2.19. The van der Waals surface area contributed by atoms with Crippen LogP contribution in [0.4, 0.5) is 17.1 Å². The molecule has 0 heterocycles. The lowest BCUT2D eigenvalue weighted by Crippen LogP contribution is -2.12. The molecule has 1 fully saturated rings. The van der Waals surface area contributed by atoms with E-state index < -0.39 is 4.92 Å². The van der Waals surface area contributed by atoms with Gasteiger partial charge in [-0.2, -0.15) is 0 Å². The van der Waals surface area contributed by atoms with Crippen molar-refractivity contribution < 1.29 is 4.92 Å². The van der Waals surface area contributed by atoms with Crippen molar-refractivity contribution in [2.45, 2.75) is 32.1 Å². The maximum absolute atomic E-state index is 11.1. The number of nitro benzene ring substituents is 1. The fourth-order valence-electron chi connectivity index (χ4n) is 2.71. The fraction of sp³-hybridized carbons (Fsp3) is 0.538. The molecule has 0 unspecified atom stereocenters. The summed E-state index contributed by atoms with van der Waals surface area (Å²) >= 11 is 0. The van der Waals surface area contributed by atoms with Gasteiger partial charge in [0, 0.05) is 6.54 Å². The average Bonchev–Trinajstić information content (AvgIpc) is 2.91. The van der Waals surface area contributed by atoms with Gasteiger partial charge < -0.3 is 10.7 Å². The minimum absolute atomic E-state index is 0.0106. The molecule has 0 amide bonds. The summed E-state index contributed by atoms with van der Waals surface area (Å²) in [5.41, 5.74) is 3.23. The number of rotatable bonds is 6. The predicted octanol–water partition coefficient (Wildman–Crippen LogP) is 2.87. The summed E-state index contributed by atoms with van der Waals surface area (Å²) in [5, 5.41) is 14.2. The van der Waals surface area contributed by atoms with Gasteiger partial charge in [0.1, 0.15) is 11.4 Å². The van der Waals surface area contributed by atoms with E-state index in [1.807, 2.05) is 0 Å². The lowest BCUT2D eigenvalue weighted by Gasteiger charge is -2.12. The first kappa shape index (κ1) is 13.6. The molecule has 1 aliphatic rings. The minimum atomic E-state index is -0.410. The number of nitrogens with two attached hydrogens (primary N) is 1. The first-order valence-corrected chi connectivity index (χ1v) is 6.70. The lowest BCUT2D eigenvalue weighted by atomic mass is 10.0. The van der Waals surface area contributed by atoms with Gasteiger partial charge in [-0.3, -0.25) is 16.0 Å². The first-order valence-electron chi connectivity index (χ1n) is 6.70. The smallest absolute Gasteiger partial charge is 0.316 e. The molecule has 1 aromatic carbocycles. The number of benzene rings is 1. The zero-order valence-corrected chi connectivity index (χ0v) is 10.9. The monoisotopic (exact) mass is 264 g/mol. The Hall–Kier alpha value is -1.82. The summed E-state index contributed by atoms with van der Waals surface area (Å²) in [6.45, 7) is 0.763. The summed E-state index contributed by atoms with van der Waals surface area (Å²) in [5.74, 6) is 6.07. The summed E-state index contributed by atoms with van der Waals surface area (Å²) < 4.78 is 0. The van der Waals surface area contributed by atoms with Gasteiger partial charge in [-0.1, -0.05) is 31.7 Å². The quantitative estimate of drug-likeness (QED) is 0.417. The molecule has 0 bridgehead atoms. The van der Waals surface area contributed by atoms with Crippen LogP contribution in [0.3, 0.4) is 0 Å². The highest BCUT2D eigenvalue weighted by molar-refractivity contribution is 5.75. The molecular weight excluding hydrogens is 244 g/mol. The van der Waals surface area contributed by atoms with Crippen LogP contribution in [0.1, 0.15) is 32.1 Å². The number of nitrogens with one attached hydrogen (secondary N) is 2. The molecule has 104 valence electrons. The molecule has 0 aromatic heterocycles. The van der Waals surface area contributed by atoms with E-state index in [1.165, 1.54) is 25.7 Å². The largest absolute Gasteiger partial charge is 0.379 e. The number of hydrogen-bond donors (Lipinski definition) is 3. The molecule has 0 spiro atoms. The second-order valence-electron chi connectivity index (χ2n) is 4.97. The molecule has 0 atom stereocenters. The zero-order chi connectivity index (χ0) is 13.7. The molecule has 2 rings (SSSR count). The second kappa shape index (κ2) is 6.38. The maximum atomic E-state index is 11.1. The Morgan fingerprint density at radius 2 is 2.00 bits per heavy atom. The van der Waals surface area contributed by atoms with Crippen LogP contribution >= 0.6 is 0 Å². The van der Waals surface area contributed by atoms with Gasteiger partial charge in [-0.15, -0.1) is 0 Å². The van der Waals surface area contributed by atoms with E-state index in [0.717, 1.165) is 18.9 Å². The number of nitro groups is 1. The summed E-state index contributed by atoms with van der Waals surface area (Å²) in [4.78, 5) is 10.7. The van der Waals surface area contributed by atoms with Gasteiger partial charge in [0.25, 0.3) is 0 Å². The first-order chi connectivity index (χ1) is 9.22. The van der Waals surface area contributed by atoms with E-state index in [4.69, 9.17) is 5.84 Å². The van der Waals surface area contributed by atoms with Gasteiger partial charge in [-0.05, 0) is 24.5 Å². The number of hydrazine groups is 1. The molecule has 4 N–H and O–H groups in total. The Bertz CT molecular complexity index is 444. The minimum Gasteiger partial charge on any atom is -0.379 e. The number of hydrogen-bond acceptors (Lipinski definition) is 5. The third-order valence-electron chi connectivity index (χ3n) is 3.72. The van der Waals surface area contributed by atoms with Gasteiger partial charge in [0.15, 0.2) is 0 Å². The molecule has 6 heteroatoms. The van der Waals surface area contributed by atoms with Crippen LogP contribution in [0, 0.1) is 16.0 Å². The summed E-state index contributed by atoms with van der Waals surface area (Å²) in [6, 6.07) is 5.06. The van der Waals surface area contributed by atoms with Crippen molar-refractivity contribution in [3.8, 4) is 0 Å². The lowest BCUT2D eigenvalue weighted by molar-refractivity contribution is -0.383. The van der Waals surface area contributed by atoms with Crippen molar-refractivity contribution in [1.29, 1.82) is 0 Å². The van der Waals surface area contributed by atoms with Gasteiger partial charge in [0.2, 0.25) is 0 Å². The Labute approximate surface area is 112 Å². The number of nitrogens with zero attached hydrogens (tertiary/aromatic N) is 1. The SMILES string of the molecule is NNc1cccc(NCCC2CCCC2)c1[N+](=O)[O-]. The van der Waals surface area contributed by atoms with E-state index in [2.05, 4.69) is 10.7 Å². The normalized spacial score (nSPS) is 15.4. The van der Waals surface area contributed by atoms with E-state index in [-0.39, 0.29) is 5.69 Å².